The molecule has 0 saturated carbocycles. The molecule has 107 valence electrons. The zero-order valence-electron chi connectivity index (χ0n) is 12.5. The van der Waals surface area contributed by atoms with E-state index in [1.54, 1.807) is 6.54 Å². The summed E-state index contributed by atoms with van der Waals surface area (Å²) in [5, 5.41) is 0. The smallest absolute Gasteiger partial charge is 0.0192 e. The van der Waals surface area contributed by atoms with Gasteiger partial charge < -0.3 is 5.73 Å². The van der Waals surface area contributed by atoms with Crippen molar-refractivity contribution in [2.24, 2.45) is 5.73 Å². The molecule has 0 heterocycles. The Morgan fingerprint density at radius 1 is 0.611 bits per heavy atom. The average molecular weight is 252 g/mol. The van der Waals surface area contributed by atoms with Crippen LogP contribution in [-0.4, -0.2) is 0 Å². The highest BCUT2D eigenvalue weighted by Crippen LogP contribution is 2.09. The zero-order valence-corrected chi connectivity index (χ0v) is 12.5. The summed E-state index contributed by atoms with van der Waals surface area (Å²) in [5.74, 6) is 0. The van der Waals surface area contributed by atoms with Gasteiger partial charge in [0, 0.05) is 6.54 Å². The molecule has 0 aliphatic heterocycles. The minimum atomic E-state index is 1.08. The first-order valence-electron chi connectivity index (χ1n) is 8.10. The Morgan fingerprint density at radius 2 is 1.06 bits per heavy atom. The predicted octanol–water partition coefficient (Wildman–Crippen LogP) is 5.75. The Kier molecular flexibility index (Phi) is 16.4. The number of hydrogen-bond donors (Lipinski definition) is 1. The van der Waals surface area contributed by atoms with Crippen LogP contribution in [0.2, 0.25) is 0 Å². The summed E-state index contributed by atoms with van der Waals surface area (Å²) in [5.41, 5.74) is 5.34. The second-order valence-corrected chi connectivity index (χ2v) is 5.26. The van der Waals surface area contributed by atoms with Crippen molar-refractivity contribution in [2.75, 3.05) is 0 Å². The Bertz CT molecular complexity index is 145. The second kappa shape index (κ2) is 16.7. The first-order chi connectivity index (χ1) is 8.91. The van der Waals surface area contributed by atoms with Crippen LogP contribution < -0.4 is 5.73 Å². The van der Waals surface area contributed by atoms with Gasteiger partial charge in [0.05, 0.1) is 0 Å². The summed E-state index contributed by atoms with van der Waals surface area (Å²) in [7, 11) is 0. The molecular formula is C17H34N. The molecule has 0 bridgehead atoms. The van der Waals surface area contributed by atoms with Gasteiger partial charge in [0.2, 0.25) is 0 Å². The van der Waals surface area contributed by atoms with Gasteiger partial charge in [-0.2, -0.15) is 0 Å². The third kappa shape index (κ3) is 15.7. The molecule has 0 aromatic carbocycles. The molecule has 1 nitrogen and oxygen atoms in total. The van der Waals surface area contributed by atoms with E-state index in [0.29, 0.717) is 0 Å². The first kappa shape index (κ1) is 17.7. The molecule has 0 saturated heterocycles. The van der Waals surface area contributed by atoms with E-state index in [1.807, 2.05) is 0 Å². The normalized spacial score (nSPS) is 11.4. The van der Waals surface area contributed by atoms with Gasteiger partial charge in [-0.15, -0.1) is 0 Å². The Hall–Kier alpha value is -0.300. The number of hydrogen-bond acceptors (Lipinski definition) is 1. The van der Waals surface area contributed by atoms with Crippen LogP contribution in [0.25, 0.3) is 0 Å². The van der Waals surface area contributed by atoms with Crippen molar-refractivity contribution in [3.8, 4) is 0 Å². The highest BCUT2D eigenvalue weighted by molar-refractivity contribution is 4.81. The van der Waals surface area contributed by atoms with Gasteiger partial charge in [-0.05, 0) is 32.1 Å². The third-order valence-corrected chi connectivity index (χ3v) is 3.38. The molecule has 0 unspecified atom stereocenters. The van der Waals surface area contributed by atoms with Crippen LogP contribution in [0.15, 0.2) is 12.2 Å². The molecular weight excluding hydrogens is 218 g/mol. The van der Waals surface area contributed by atoms with Crippen LogP contribution in [0.3, 0.4) is 0 Å². The summed E-state index contributed by atoms with van der Waals surface area (Å²) in [6, 6.07) is 0. The Balaban J connectivity index is 3.00. The standard InChI is InChI=1S/C17H34N/c1-2-3-4-5-6-7-8-9-10-11-12-13-14-15-16-17-18/h9-10,17H,2-8,11-16,18H2,1H3/b10-9+. The van der Waals surface area contributed by atoms with E-state index >= 15 is 0 Å². The summed E-state index contributed by atoms with van der Waals surface area (Å²) in [6.45, 7) is 4.05. The fraction of sp³-hybridized carbons (Fsp3) is 0.824. The fourth-order valence-electron chi connectivity index (χ4n) is 2.16. The van der Waals surface area contributed by atoms with E-state index in [2.05, 4.69) is 19.1 Å². The summed E-state index contributed by atoms with van der Waals surface area (Å²) in [4.78, 5) is 0. The molecule has 0 aliphatic carbocycles. The molecule has 0 spiro atoms. The molecule has 1 heteroatoms. The zero-order chi connectivity index (χ0) is 13.3. The van der Waals surface area contributed by atoms with Crippen LogP contribution in [-0.2, 0) is 0 Å². The molecule has 0 aliphatic rings. The highest BCUT2D eigenvalue weighted by atomic mass is 14.5. The quantitative estimate of drug-likeness (QED) is 0.309. The Morgan fingerprint density at radius 3 is 1.56 bits per heavy atom. The maximum Gasteiger partial charge on any atom is 0.0192 e. The van der Waals surface area contributed by atoms with E-state index in [-0.39, 0.29) is 0 Å². The number of unbranched alkanes of at least 4 members (excludes halogenated alkanes) is 11. The van der Waals surface area contributed by atoms with E-state index in [9.17, 15) is 0 Å². The maximum absolute atomic E-state index is 5.34. The summed E-state index contributed by atoms with van der Waals surface area (Å²) >= 11 is 0. The number of rotatable bonds is 14. The topological polar surface area (TPSA) is 26.0 Å². The van der Waals surface area contributed by atoms with Gasteiger partial charge in [0.25, 0.3) is 0 Å². The van der Waals surface area contributed by atoms with Crippen molar-refractivity contribution in [1.82, 2.24) is 0 Å². The lowest BCUT2D eigenvalue weighted by molar-refractivity contribution is 0.610. The lowest BCUT2D eigenvalue weighted by Crippen LogP contribution is -1.89. The molecule has 0 aromatic rings. The molecule has 2 N–H and O–H groups in total. The molecule has 0 rings (SSSR count). The van der Waals surface area contributed by atoms with Crippen molar-refractivity contribution >= 4 is 0 Å². The van der Waals surface area contributed by atoms with Crippen molar-refractivity contribution in [3.63, 3.8) is 0 Å². The van der Waals surface area contributed by atoms with E-state index in [4.69, 9.17) is 5.73 Å². The van der Waals surface area contributed by atoms with Crippen molar-refractivity contribution in [3.05, 3.63) is 18.7 Å². The van der Waals surface area contributed by atoms with Crippen LogP contribution in [0.4, 0.5) is 0 Å². The van der Waals surface area contributed by atoms with E-state index in [0.717, 1.165) is 6.42 Å². The van der Waals surface area contributed by atoms with Gasteiger partial charge in [0.1, 0.15) is 0 Å². The highest BCUT2D eigenvalue weighted by Gasteiger charge is 1.89. The second-order valence-electron chi connectivity index (χ2n) is 5.26. The van der Waals surface area contributed by atoms with Gasteiger partial charge in [-0.1, -0.05) is 70.4 Å². The monoisotopic (exact) mass is 252 g/mol. The lowest BCUT2D eigenvalue weighted by Gasteiger charge is -1.98. The van der Waals surface area contributed by atoms with Gasteiger partial charge in [-0.25, -0.2) is 0 Å². The predicted molar refractivity (Wildman–Crippen MR) is 83.3 cm³/mol. The molecule has 18 heavy (non-hydrogen) atoms. The number of nitrogens with two attached hydrogens (primary N) is 1. The molecule has 1 radical (unpaired) electrons. The third-order valence-electron chi connectivity index (χ3n) is 3.38. The minimum Gasteiger partial charge on any atom is -0.326 e. The lowest BCUT2D eigenvalue weighted by atomic mass is 10.1. The van der Waals surface area contributed by atoms with Crippen molar-refractivity contribution < 1.29 is 0 Å². The molecule has 0 atom stereocenters. The van der Waals surface area contributed by atoms with Gasteiger partial charge in [0.15, 0.2) is 0 Å². The van der Waals surface area contributed by atoms with Crippen LogP contribution in [0.5, 0.6) is 0 Å². The maximum atomic E-state index is 5.34. The SMILES string of the molecule is CCCCCCCC/C=C/CCCCCC[CH]N. The van der Waals surface area contributed by atoms with E-state index < -0.39 is 0 Å². The van der Waals surface area contributed by atoms with Crippen LogP contribution in [0.1, 0.15) is 90.4 Å². The van der Waals surface area contributed by atoms with Crippen molar-refractivity contribution in [1.29, 1.82) is 0 Å². The Labute approximate surface area is 115 Å². The van der Waals surface area contributed by atoms with Gasteiger partial charge in [-0.3, -0.25) is 0 Å². The average Bonchev–Trinajstić information content (AvgIpc) is 2.39. The van der Waals surface area contributed by atoms with Gasteiger partial charge >= 0.3 is 0 Å². The largest absolute Gasteiger partial charge is 0.326 e. The fourth-order valence-corrected chi connectivity index (χ4v) is 2.16. The molecule has 0 fully saturated rings. The summed E-state index contributed by atoms with van der Waals surface area (Å²) in [6.07, 6.45) is 22.1. The number of allylic oxidation sites excluding steroid dienone is 2. The summed E-state index contributed by atoms with van der Waals surface area (Å²) < 4.78 is 0. The van der Waals surface area contributed by atoms with Crippen LogP contribution in [0, 0.1) is 6.54 Å². The minimum absolute atomic E-state index is 1.08. The molecule has 0 amide bonds. The van der Waals surface area contributed by atoms with E-state index in [1.165, 1.54) is 77.0 Å². The first-order valence-corrected chi connectivity index (χ1v) is 8.10. The van der Waals surface area contributed by atoms with Crippen molar-refractivity contribution in [2.45, 2.75) is 90.4 Å². The van der Waals surface area contributed by atoms with Crippen LogP contribution >= 0.6 is 0 Å². The molecule has 0 aromatic heterocycles.